The number of benzene rings is 2. The van der Waals surface area contributed by atoms with Crippen LogP contribution in [0.25, 0.3) is 0 Å². The van der Waals surface area contributed by atoms with Gasteiger partial charge in [-0.2, -0.15) is 0 Å². The minimum Gasteiger partial charge on any atom is -0.494 e. The summed E-state index contributed by atoms with van der Waals surface area (Å²) < 4.78 is 11.2. The number of para-hydroxylation sites is 1. The number of rotatable bonds is 10. The number of amides is 2. The first kappa shape index (κ1) is 22.6. The number of unbranched alkanes of at least 4 members (excludes halogenated alkanes) is 3. The Balaban J connectivity index is 1.76. The zero-order valence-corrected chi connectivity index (χ0v) is 17.5. The summed E-state index contributed by atoms with van der Waals surface area (Å²) in [5.74, 6) is 0.181. The maximum absolute atomic E-state index is 12.2. The molecule has 0 aromatic heterocycles. The van der Waals surface area contributed by atoms with Crippen LogP contribution >= 0.6 is 11.6 Å². The molecule has 1 unspecified atom stereocenters. The van der Waals surface area contributed by atoms with Crippen molar-refractivity contribution in [3.05, 3.63) is 59.1 Å². The second-order valence-corrected chi connectivity index (χ2v) is 6.97. The van der Waals surface area contributed by atoms with Crippen LogP contribution in [0.4, 0.5) is 0 Å². The molecule has 0 saturated carbocycles. The van der Waals surface area contributed by atoms with Crippen LogP contribution in [0.15, 0.2) is 48.5 Å². The van der Waals surface area contributed by atoms with Gasteiger partial charge in [-0.05, 0) is 49.7 Å². The second kappa shape index (κ2) is 12.0. The van der Waals surface area contributed by atoms with Crippen molar-refractivity contribution in [3.63, 3.8) is 0 Å². The third kappa shape index (κ3) is 7.66. The van der Waals surface area contributed by atoms with E-state index in [9.17, 15) is 9.59 Å². The van der Waals surface area contributed by atoms with Gasteiger partial charge in [0.05, 0.1) is 11.6 Å². The van der Waals surface area contributed by atoms with E-state index in [-0.39, 0.29) is 0 Å². The van der Waals surface area contributed by atoms with Crippen LogP contribution < -0.4 is 20.3 Å². The maximum atomic E-state index is 12.2. The Morgan fingerprint density at radius 1 is 1.00 bits per heavy atom. The van der Waals surface area contributed by atoms with Crippen LogP contribution in [-0.4, -0.2) is 24.5 Å². The molecule has 29 heavy (non-hydrogen) atoms. The first-order valence-corrected chi connectivity index (χ1v) is 10.1. The molecule has 156 valence electrons. The van der Waals surface area contributed by atoms with Crippen LogP contribution in [0.5, 0.6) is 11.5 Å². The largest absolute Gasteiger partial charge is 0.494 e. The van der Waals surface area contributed by atoms with Gasteiger partial charge < -0.3 is 9.47 Å². The van der Waals surface area contributed by atoms with Crippen LogP contribution in [0.1, 0.15) is 49.9 Å². The summed E-state index contributed by atoms with van der Waals surface area (Å²) in [6, 6.07) is 13.6. The Morgan fingerprint density at radius 3 is 2.41 bits per heavy atom. The monoisotopic (exact) mass is 418 g/mol. The predicted octanol–water partition coefficient (Wildman–Crippen LogP) is 4.53. The molecule has 2 aromatic rings. The number of carbonyl (C=O) groups is 2. The van der Waals surface area contributed by atoms with Crippen molar-refractivity contribution in [3.8, 4) is 11.5 Å². The molecule has 0 aliphatic carbocycles. The van der Waals surface area contributed by atoms with Gasteiger partial charge in [0.25, 0.3) is 11.8 Å². The Hall–Kier alpha value is -2.73. The third-order valence-electron chi connectivity index (χ3n) is 4.19. The van der Waals surface area contributed by atoms with Crippen LogP contribution in [0.3, 0.4) is 0 Å². The van der Waals surface area contributed by atoms with Crippen molar-refractivity contribution >= 4 is 23.4 Å². The molecule has 0 spiro atoms. The number of halogens is 1. The molecule has 0 aliphatic rings. The van der Waals surface area contributed by atoms with Crippen molar-refractivity contribution in [1.82, 2.24) is 10.9 Å². The summed E-state index contributed by atoms with van der Waals surface area (Å²) in [6.07, 6.45) is 3.71. The van der Waals surface area contributed by atoms with Crippen molar-refractivity contribution < 1.29 is 19.1 Å². The van der Waals surface area contributed by atoms with E-state index >= 15 is 0 Å². The fourth-order valence-corrected chi connectivity index (χ4v) is 2.68. The molecule has 2 rings (SSSR count). The fraction of sp³-hybridized carbons (Fsp3) is 0.364. The molecule has 6 nitrogen and oxygen atoms in total. The SMILES string of the molecule is CCCCCCOc1ccc(C(=O)NNC(=O)C(C)Oc2ccccc2Cl)cc1. The highest BCUT2D eigenvalue weighted by atomic mass is 35.5. The Kier molecular flexibility index (Phi) is 9.31. The van der Waals surface area contributed by atoms with Gasteiger partial charge in [-0.25, -0.2) is 0 Å². The maximum Gasteiger partial charge on any atom is 0.279 e. The molecule has 0 bridgehead atoms. The second-order valence-electron chi connectivity index (χ2n) is 6.57. The van der Waals surface area contributed by atoms with Crippen molar-refractivity contribution in [2.45, 2.75) is 45.6 Å². The molecular weight excluding hydrogens is 392 g/mol. The number of hydrogen-bond donors (Lipinski definition) is 2. The van der Waals surface area contributed by atoms with E-state index in [1.807, 2.05) is 0 Å². The summed E-state index contributed by atoms with van der Waals surface area (Å²) in [5, 5.41) is 0.406. The first-order chi connectivity index (χ1) is 14.0. The van der Waals surface area contributed by atoms with E-state index in [1.54, 1.807) is 55.5 Å². The molecule has 0 saturated heterocycles. The van der Waals surface area contributed by atoms with Crippen molar-refractivity contribution in [2.24, 2.45) is 0 Å². The molecule has 2 amide bonds. The third-order valence-corrected chi connectivity index (χ3v) is 4.50. The summed E-state index contributed by atoms with van der Waals surface area (Å²) in [7, 11) is 0. The lowest BCUT2D eigenvalue weighted by molar-refractivity contribution is -0.128. The topological polar surface area (TPSA) is 76.7 Å². The van der Waals surface area contributed by atoms with Crippen molar-refractivity contribution in [1.29, 1.82) is 0 Å². The van der Waals surface area contributed by atoms with Gasteiger partial charge in [-0.3, -0.25) is 20.4 Å². The lowest BCUT2D eigenvalue weighted by Gasteiger charge is -2.16. The molecule has 0 aliphatic heterocycles. The van der Waals surface area contributed by atoms with E-state index in [2.05, 4.69) is 17.8 Å². The quantitative estimate of drug-likeness (QED) is 0.439. The van der Waals surface area contributed by atoms with Crippen LogP contribution in [0.2, 0.25) is 5.02 Å². The molecule has 2 aromatic carbocycles. The Bertz CT molecular complexity index is 796. The molecule has 0 heterocycles. The number of nitrogens with one attached hydrogen (secondary N) is 2. The molecule has 0 fully saturated rings. The number of hydrazine groups is 1. The standard InChI is InChI=1S/C22H27ClN2O4/c1-3-4-5-8-15-28-18-13-11-17(12-14-18)22(27)25-24-21(26)16(2)29-20-10-7-6-9-19(20)23/h6-7,9-14,16H,3-5,8,15H2,1-2H3,(H,24,26)(H,25,27). The van der Waals surface area contributed by atoms with Crippen LogP contribution in [-0.2, 0) is 4.79 Å². The number of carbonyl (C=O) groups excluding carboxylic acids is 2. The predicted molar refractivity (Wildman–Crippen MR) is 113 cm³/mol. The summed E-state index contributed by atoms with van der Waals surface area (Å²) in [4.78, 5) is 24.3. The minimum atomic E-state index is -0.835. The molecular formula is C22H27ClN2O4. The summed E-state index contributed by atoms with van der Waals surface area (Å²) >= 11 is 6.01. The van der Waals surface area contributed by atoms with Gasteiger partial charge >= 0.3 is 0 Å². The minimum absolute atomic E-state index is 0.397. The zero-order chi connectivity index (χ0) is 21.1. The average Bonchev–Trinajstić information content (AvgIpc) is 2.73. The van der Waals surface area contributed by atoms with E-state index in [4.69, 9.17) is 21.1 Å². The average molecular weight is 419 g/mol. The van der Waals surface area contributed by atoms with Crippen molar-refractivity contribution in [2.75, 3.05) is 6.61 Å². The van der Waals surface area contributed by atoms with Gasteiger partial charge in [0.15, 0.2) is 6.10 Å². The molecule has 0 radical (unpaired) electrons. The highest BCUT2D eigenvalue weighted by molar-refractivity contribution is 6.32. The summed E-state index contributed by atoms with van der Waals surface area (Å²) in [6.45, 7) is 4.39. The molecule has 2 N–H and O–H groups in total. The van der Waals surface area contributed by atoms with E-state index in [0.29, 0.717) is 28.7 Å². The Morgan fingerprint density at radius 2 is 1.72 bits per heavy atom. The number of hydrogen-bond acceptors (Lipinski definition) is 4. The van der Waals surface area contributed by atoms with Gasteiger partial charge in [0, 0.05) is 5.56 Å². The first-order valence-electron chi connectivity index (χ1n) is 9.75. The van der Waals surface area contributed by atoms with E-state index < -0.39 is 17.9 Å². The Labute approximate surface area is 176 Å². The number of ether oxygens (including phenoxy) is 2. The van der Waals surface area contributed by atoms with Gasteiger partial charge in [-0.1, -0.05) is 49.9 Å². The highest BCUT2D eigenvalue weighted by Crippen LogP contribution is 2.24. The zero-order valence-electron chi connectivity index (χ0n) is 16.7. The van der Waals surface area contributed by atoms with Gasteiger partial charge in [0.2, 0.25) is 0 Å². The summed E-state index contributed by atoms with van der Waals surface area (Å²) in [5.41, 5.74) is 5.13. The lowest BCUT2D eigenvalue weighted by Crippen LogP contribution is -2.47. The molecule has 7 heteroatoms. The van der Waals surface area contributed by atoms with Gasteiger partial charge in [0.1, 0.15) is 11.5 Å². The highest BCUT2D eigenvalue weighted by Gasteiger charge is 2.17. The van der Waals surface area contributed by atoms with E-state index in [0.717, 1.165) is 12.8 Å². The normalized spacial score (nSPS) is 11.4. The van der Waals surface area contributed by atoms with Gasteiger partial charge in [-0.15, -0.1) is 0 Å². The van der Waals surface area contributed by atoms with Crippen LogP contribution in [0, 0.1) is 0 Å². The fourth-order valence-electron chi connectivity index (χ4n) is 2.50. The molecule has 1 atom stereocenters. The smallest absolute Gasteiger partial charge is 0.279 e. The lowest BCUT2D eigenvalue weighted by atomic mass is 10.2. The van der Waals surface area contributed by atoms with E-state index in [1.165, 1.54) is 12.8 Å².